The third kappa shape index (κ3) is 18.0. The van der Waals surface area contributed by atoms with Gasteiger partial charge in [-0.3, -0.25) is 9.35 Å². The molecule has 1 aliphatic rings. The van der Waals surface area contributed by atoms with E-state index in [1.165, 1.54) is 70.6 Å². The number of ether oxygens (including phenoxy) is 4. The highest BCUT2D eigenvalue weighted by molar-refractivity contribution is 14.1. The van der Waals surface area contributed by atoms with E-state index < -0.39 is 71.2 Å². The Hall–Kier alpha value is -1.40. The van der Waals surface area contributed by atoms with Crippen LogP contribution < -0.4 is 0 Å². The molecule has 276 valence electrons. The topological polar surface area (TPSA) is 186 Å². The highest BCUT2D eigenvalue weighted by Gasteiger charge is 2.46. The number of hydrogen-bond acceptors (Lipinski definition) is 11. The molecule has 0 aromatic heterocycles. The molecular weight excluding hydrogens is 759 g/mol. The fraction of sp³-hybridized carbons (Fsp3) is 0.765. The predicted octanol–water partition coefficient (Wildman–Crippen LogP) is 5.33. The summed E-state index contributed by atoms with van der Waals surface area (Å²) in [6.45, 7) is 1.41. The van der Waals surface area contributed by atoms with Crippen molar-refractivity contribution in [3.63, 3.8) is 0 Å². The lowest BCUT2D eigenvalue weighted by Gasteiger charge is -2.40. The van der Waals surface area contributed by atoms with E-state index in [0.29, 0.717) is 6.42 Å². The average molecular weight is 815 g/mol. The summed E-state index contributed by atoms with van der Waals surface area (Å²) in [5.41, 5.74) is 0.241. The fourth-order valence-electron chi connectivity index (χ4n) is 5.42. The summed E-state index contributed by atoms with van der Waals surface area (Å²) in [5.74, 6) is -2.25. The van der Waals surface area contributed by atoms with E-state index in [1.54, 1.807) is 24.3 Å². The number of benzene rings is 1. The Morgan fingerprint density at radius 2 is 1.31 bits per heavy atom. The lowest BCUT2D eigenvalue weighted by atomic mass is 10.00. The highest BCUT2D eigenvalue weighted by Crippen LogP contribution is 2.24. The van der Waals surface area contributed by atoms with Crippen LogP contribution in [-0.4, -0.2) is 96.0 Å². The summed E-state index contributed by atoms with van der Waals surface area (Å²) in [5, 5.41) is 30.6. The first-order valence-electron chi connectivity index (χ1n) is 17.3. The Labute approximate surface area is 299 Å². The fourth-order valence-corrected chi connectivity index (χ4v) is 6.47. The summed E-state index contributed by atoms with van der Waals surface area (Å²) >= 11 is 2.09. The van der Waals surface area contributed by atoms with Crippen molar-refractivity contribution in [1.29, 1.82) is 0 Å². The average Bonchev–Trinajstić information content (AvgIpc) is 3.04. The summed E-state index contributed by atoms with van der Waals surface area (Å²) in [6, 6.07) is 6.56. The SMILES string of the molecule is CCCCCCCCCCCCCCCCCC(=O)OCC(COC1OC(CS(=O)(=O)O)C(O)C(O)C1O)OC(=O)c1ccc(I)cc1. The molecule has 1 aliphatic heterocycles. The molecule has 0 bridgehead atoms. The van der Waals surface area contributed by atoms with Crippen molar-refractivity contribution in [1.82, 2.24) is 0 Å². The van der Waals surface area contributed by atoms with Crippen molar-refractivity contribution in [2.45, 2.75) is 146 Å². The quantitative estimate of drug-likeness (QED) is 0.0431. The molecular formula is C34H55IO12S. The number of carbonyl (C=O) groups excluding carboxylic acids is 2. The predicted molar refractivity (Wildman–Crippen MR) is 188 cm³/mol. The van der Waals surface area contributed by atoms with Gasteiger partial charge in [-0.15, -0.1) is 0 Å². The van der Waals surface area contributed by atoms with Crippen LogP contribution in [0.1, 0.15) is 120 Å². The lowest BCUT2D eigenvalue weighted by molar-refractivity contribution is -0.296. The Bertz CT molecular complexity index is 1150. The number of hydrogen-bond donors (Lipinski definition) is 4. The third-order valence-corrected chi connectivity index (χ3v) is 9.73. The number of halogens is 1. The van der Waals surface area contributed by atoms with E-state index in [0.717, 1.165) is 22.8 Å². The van der Waals surface area contributed by atoms with Gasteiger partial charge in [0.15, 0.2) is 12.4 Å². The maximum absolute atomic E-state index is 12.8. The standard InChI is InChI=1S/C34H55IO12S/c1-2-3-4-5-6-7-8-9-10-11-12-13-14-15-16-17-29(36)44-22-27(46-33(40)25-18-20-26(35)21-19-25)23-45-34-32(39)31(38)30(37)28(47-34)24-48(41,42)43/h18-21,27-28,30-32,34,37-39H,2-17,22-24H2,1H3,(H,41,42,43). The molecule has 0 aliphatic carbocycles. The Kier molecular flexibility index (Phi) is 21.3. The lowest BCUT2D eigenvalue weighted by Crippen LogP contribution is -2.60. The van der Waals surface area contributed by atoms with Gasteiger partial charge in [0, 0.05) is 9.99 Å². The number of aliphatic hydroxyl groups excluding tert-OH is 3. The minimum absolute atomic E-state index is 0.197. The smallest absolute Gasteiger partial charge is 0.338 e. The molecule has 4 N–H and O–H groups in total. The first-order chi connectivity index (χ1) is 22.9. The van der Waals surface area contributed by atoms with Crippen LogP contribution >= 0.6 is 22.6 Å². The van der Waals surface area contributed by atoms with Gasteiger partial charge in [0.1, 0.15) is 36.8 Å². The van der Waals surface area contributed by atoms with E-state index in [2.05, 4.69) is 29.5 Å². The molecule has 14 heteroatoms. The zero-order chi connectivity index (χ0) is 35.4. The number of rotatable bonds is 25. The maximum atomic E-state index is 12.8. The second-order valence-electron chi connectivity index (χ2n) is 12.5. The molecule has 1 heterocycles. The molecule has 0 saturated carbocycles. The number of esters is 2. The van der Waals surface area contributed by atoms with Crippen LogP contribution in [0.3, 0.4) is 0 Å². The van der Waals surface area contributed by atoms with E-state index in [4.69, 9.17) is 23.5 Å². The molecule has 1 fully saturated rings. The second kappa shape index (κ2) is 23.9. The molecule has 48 heavy (non-hydrogen) atoms. The zero-order valence-corrected chi connectivity index (χ0v) is 31.0. The van der Waals surface area contributed by atoms with Gasteiger partial charge in [-0.25, -0.2) is 4.79 Å². The minimum Gasteiger partial charge on any atom is -0.462 e. The van der Waals surface area contributed by atoms with Crippen molar-refractivity contribution in [2.75, 3.05) is 19.0 Å². The van der Waals surface area contributed by atoms with Crippen LogP contribution in [0.4, 0.5) is 0 Å². The van der Waals surface area contributed by atoms with Crippen LogP contribution in [-0.2, 0) is 33.9 Å². The van der Waals surface area contributed by atoms with Crippen LogP contribution in [0.2, 0.25) is 0 Å². The van der Waals surface area contributed by atoms with Crippen molar-refractivity contribution >= 4 is 44.6 Å². The molecule has 0 spiro atoms. The van der Waals surface area contributed by atoms with E-state index in [9.17, 15) is 33.3 Å². The Morgan fingerprint density at radius 1 is 0.792 bits per heavy atom. The van der Waals surface area contributed by atoms with Crippen LogP contribution in [0, 0.1) is 3.57 Å². The molecule has 2 rings (SSSR count). The van der Waals surface area contributed by atoms with Gasteiger partial charge in [0.2, 0.25) is 0 Å². The molecule has 6 unspecified atom stereocenters. The van der Waals surface area contributed by atoms with Gasteiger partial charge in [-0.1, -0.05) is 96.8 Å². The zero-order valence-electron chi connectivity index (χ0n) is 28.0. The van der Waals surface area contributed by atoms with Crippen molar-refractivity contribution in [2.24, 2.45) is 0 Å². The monoisotopic (exact) mass is 814 g/mol. The molecule has 0 amide bonds. The Balaban J connectivity index is 1.75. The Morgan fingerprint density at radius 3 is 1.83 bits per heavy atom. The first kappa shape index (κ1) is 42.8. The van der Waals surface area contributed by atoms with Crippen LogP contribution in [0.25, 0.3) is 0 Å². The summed E-state index contributed by atoms with van der Waals surface area (Å²) in [6.07, 6.45) is 8.46. The summed E-state index contributed by atoms with van der Waals surface area (Å²) in [7, 11) is -4.60. The molecule has 12 nitrogen and oxygen atoms in total. The largest absolute Gasteiger partial charge is 0.462 e. The van der Waals surface area contributed by atoms with E-state index >= 15 is 0 Å². The van der Waals surface area contributed by atoms with E-state index in [1.807, 2.05) is 0 Å². The second-order valence-corrected chi connectivity index (χ2v) is 15.3. The number of unbranched alkanes of at least 4 members (excludes halogenated alkanes) is 14. The molecule has 1 aromatic carbocycles. The van der Waals surface area contributed by atoms with Crippen LogP contribution in [0.15, 0.2) is 24.3 Å². The van der Waals surface area contributed by atoms with Gasteiger partial charge in [0.25, 0.3) is 10.1 Å². The van der Waals surface area contributed by atoms with Gasteiger partial charge in [0.05, 0.1) is 12.2 Å². The first-order valence-corrected chi connectivity index (χ1v) is 20.0. The van der Waals surface area contributed by atoms with Crippen LogP contribution in [0.5, 0.6) is 0 Å². The highest BCUT2D eigenvalue weighted by atomic mass is 127. The molecule has 1 aromatic rings. The maximum Gasteiger partial charge on any atom is 0.338 e. The third-order valence-electron chi connectivity index (χ3n) is 8.26. The summed E-state index contributed by atoms with van der Waals surface area (Å²) < 4.78 is 54.4. The molecule has 6 atom stereocenters. The van der Waals surface area contributed by atoms with Crippen molar-refractivity contribution < 1.29 is 56.8 Å². The van der Waals surface area contributed by atoms with Gasteiger partial charge in [-0.2, -0.15) is 8.42 Å². The van der Waals surface area contributed by atoms with Gasteiger partial charge in [-0.05, 0) is 53.3 Å². The van der Waals surface area contributed by atoms with E-state index in [-0.39, 0.29) is 18.6 Å². The van der Waals surface area contributed by atoms with Crippen molar-refractivity contribution in [3.8, 4) is 0 Å². The normalized spacial score (nSPS) is 21.9. The van der Waals surface area contributed by atoms with Gasteiger partial charge < -0.3 is 34.3 Å². The van der Waals surface area contributed by atoms with Gasteiger partial charge >= 0.3 is 11.9 Å². The molecule has 1 saturated heterocycles. The minimum atomic E-state index is -4.60. The number of carbonyl (C=O) groups is 2. The summed E-state index contributed by atoms with van der Waals surface area (Å²) in [4.78, 5) is 25.3. The molecule has 0 radical (unpaired) electrons. The van der Waals surface area contributed by atoms with Crippen molar-refractivity contribution in [3.05, 3.63) is 33.4 Å². The number of aliphatic hydroxyl groups is 3.